The maximum atomic E-state index is 13.5. The lowest BCUT2D eigenvalue weighted by Crippen LogP contribution is -2.46. The second kappa shape index (κ2) is 6.05. The summed E-state index contributed by atoms with van der Waals surface area (Å²) in [5.74, 6) is -0.644. The molecule has 1 aromatic carbocycles. The molecule has 4 heteroatoms. The van der Waals surface area contributed by atoms with Crippen LogP contribution in [0.1, 0.15) is 56.8 Å². The average molecular weight is 313 g/mol. The van der Waals surface area contributed by atoms with E-state index in [2.05, 4.69) is 13.8 Å². The number of ether oxygens (including phenoxy) is 1. The highest BCUT2D eigenvalue weighted by atomic mass is 35.5. The van der Waals surface area contributed by atoms with Crippen molar-refractivity contribution in [3.8, 4) is 0 Å². The van der Waals surface area contributed by atoms with Crippen molar-refractivity contribution in [1.29, 1.82) is 0 Å². The van der Waals surface area contributed by atoms with Gasteiger partial charge < -0.3 is 4.74 Å². The van der Waals surface area contributed by atoms with Gasteiger partial charge in [-0.25, -0.2) is 4.39 Å². The topological polar surface area (TPSA) is 26.3 Å². The summed E-state index contributed by atoms with van der Waals surface area (Å²) < 4.78 is 19.3. The van der Waals surface area contributed by atoms with Crippen LogP contribution >= 0.6 is 11.6 Å². The second-order valence-corrected chi connectivity index (χ2v) is 6.95. The molecule has 1 aromatic rings. The van der Waals surface area contributed by atoms with Crippen LogP contribution < -0.4 is 0 Å². The summed E-state index contributed by atoms with van der Waals surface area (Å²) in [5.41, 5.74) is -0.418. The molecule has 0 spiro atoms. The third kappa shape index (κ3) is 3.46. The molecule has 1 aliphatic rings. The lowest BCUT2D eigenvalue weighted by Gasteiger charge is -2.42. The predicted octanol–water partition coefficient (Wildman–Crippen LogP) is 5.04. The van der Waals surface area contributed by atoms with Crippen LogP contribution in [0.25, 0.3) is 0 Å². The summed E-state index contributed by atoms with van der Waals surface area (Å²) in [7, 11) is 0. The molecule has 0 aliphatic heterocycles. The van der Waals surface area contributed by atoms with Crippen LogP contribution in [0.15, 0.2) is 18.2 Å². The van der Waals surface area contributed by atoms with Gasteiger partial charge >= 0.3 is 0 Å². The molecule has 0 amide bonds. The van der Waals surface area contributed by atoms with Gasteiger partial charge in [0.1, 0.15) is 11.4 Å². The quantitative estimate of drug-likeness (QED) is 0.728. The van der Waals surface area contributed by atoms with Gasteiger partial charge in [-0.05, 0) is 56.2 Å². The van der Waals surface area contributed by atoms with Crippen molar-refractivity contribution < 1.29 is 13.9 Å². The van der Waals surface area contributed by atoms with E-state index in [0.717, 1.165) is 12.8 Å². The molecule has 0 bridgehead atoms. The minimum Gasteiger partial charge on any atom is -0.367 e. The number of Topliss-reactive ketones (excluding diaryl/α,β-unsaturated/α-hetero) is 1. The fourth-order valence-corrected chi connectivity index (χ4v) is 3.16. The Morgan fingerprint density at radius 1 is 1.29 bits per heavy atom. The van der Waals surface area contributed by atoms with Crippen LogP contribution in [0, 0.1) is 11.2 Å². The molecule has 116 valence electrons. The molecule has 21 heavy (non-hydrogen) atoms. The summed E-state index contributed by atoms with van der Waals surface area (Å²) in [5, 5.41) is 0.283. The molecule has 0 radical (unpaired) electrons. The Labute approximate surface area is 130 Å². The lowest BCUT2D eigenvalue weighted by molar-refractivity contribution is -0.0580. The number of carbonyl (C=O) groups is 1. The van der Waals surface area contributed by atoms with Gasteiger partial charge in [0, 0.05) is 12.2 Å². The average Bonchev–Trinajstić information content (AvgIpc) is 2.44. The zero-order chi connectivity index (χ0) is 15.7. The minimum absolute atomic E-state index is 0.190. The lowest BCUT2D eigenvalue weighted by atomic mass is 9.68. The second-order valence-electron chi connectivity index (χ2n) is 6.54. The maximum absolute atomic E-state index is 13.5. The van der Waals surface area contributed by atoms with Crippen LogP contribution in [0.3, 0.4) is 0 Å². The highest BCUT2D eigenvalue weighted by molar-refractivity contribution is 6.34. The number of hydrogen-bond donors (Lipinski definition) is 0. The first-order chi connectivity index (χ1) is 9.80. The van der Waals surface area contributed by atoms with Gasteiger partial charge in [-0.2, -0.15) is 0 Å². The molecule has 0 heterocycles. The van der Waals surface area contributed by atoms with Gasteiger partial charge in [0.05, 0.1) is 5.02 Å². The van der Waals surface area contributed by atoms with E-state index in [-0.39, 0.29) is 21.8 Å². The summed E-state index contributed by atoms with van der Waals surface area (Å²) in [6.07, 6.45) is 3.12. The first kappa shape index (κ1) is 16.4. The SMILES string of the molecule is CCOC1(C(=O)c2cc(F)ccc2Cl)CCC(C)(C)CC1. The Kier molecular flexibility index (Phi) is 4.74. The van der Waals surface area contributed by atoms with E-state index in [1.807, 2.05) is 6.92 Å². The molecule has 0 saturated heterocycles. The first-order valence-electron chi connectivity index (χ1n) is 7.43. The number of rotatable bonds is 4. The summed E-state index contributed by atoms with van der Waals surface area (Å²) in [6, 6.07) is 3.90. The Morgan fingerprint density at radius 2 is 1.90 bits per heavy atom. The van der Waals surface area contributed by atoms with Gasteiger partial charge in [-0.3, -0.25) is 4.79 Å². The van der Waals surface area contributed by atoms with Crippen LogP contribution in [0.2, 0.25) is 5.02 Å². The van der Waals surface area contributed by atoms with Crippen LogP contribution in [-0.4, -0.2) is 18.0 Å². The van der Waals surface area contributed by atoms with E-state index in [9.17, 15) is 9.18 Å². The van der Waals surface area contributed by atoms with E-state index in [0.29, 0.717) is 19.4 Å². The first-order valence-corrected chi connectivity index (χ1v) is 7.81. The molecule has 0 aromatic heterocycles. The number of carbonyl (C=O) groups excluding carboxylic acids is 1. The Morgan fingerprint density at radius 3 is 2.48 bits per heavy atom. The molecule has 0 unspecified atom stereocenters. The Balaban J connectivity index is 2.34. The van der Waals surface area contributed by atoms with Gasteiger partial charge in [0.25, 0.3) is 0 Å². The van der Waals surface area contributed by atoms with Gasteiger partial charge in [0.2, 0.25) is 0 Å². The van der Waals surface area contributed by atoms with Crippen molar-refractivity contribution in [2.75, 3.05) is 6.61 Å². The zero-order valence-electron chi connectivity index (χ0n) is 12.8. The summed E-state index contributed by atoms with van der Waals surface area (Å²) in [4.78, 5) is 12.9. The smallest absolute Gasteiger partial charge is 0.196 e. The highest BCUT2D eigenvalue weighted by Crippen LogP contribution is 2.44. The zero-order valence-corrected chi connectivity index (χ0v) is 13.6. The molecule has 1 saturated carbocycles. The third-order valence-corrected chi connectivity index (χ3v) is 4.75. The number of halogens is 2. The molecule has 1 fully saturated rings. The van der Waals surface area contributed by atoms with E-state index in [4.69, 9.17) is 16.3 Å². The van der Waals surface area contributed by atoms with E-state index in [1.165, 1.54) is 18.2 Å². The van der Waals surface area contributed by atoms with Gasteiger partial charge in [-0.15, -0.1) is 0 Å². The summed E-state index contributed by atoms with van der Waals surface area (Å²) in [6.45, 7) is 6.73. The number of benzene rings is 1. The van der Waals surface area contributed by atoms with Crippen molar-refractivity contribution >= 4 is 17.4 Å². The van der Waals surface area contributed by atoms with Crippen molar-refractivity contribution in [3.05, 3.63) is 34.6 Å². The molecule has 2 nitrogen and oxygen atoms in total. The van der Waals surface area contributed by atoms with Crippen molar-refractivity contribution in [2.45, 2.75) is 52.1 Å². The molecular formula is C17H22ClFO2. The molecule has 2 rings (SSSR count). The van der Waals surface area contributed by atoms with Crippen LogP contribution in [-0.2, 0) is 4.74 Å². The maximum Gasteiger partial charge on any atom is 0.196 e. The Bertz CT molecular complexity index is 530. The summed E-state index contributed by atoms with van der Waals surface area (Å²) >= 11 is 6.09. The third-order valence-electron chi connectivity index (χ3n) is 4.42. The van der Waals surface area contributed by atoms with Crippen molar-refractivity contribution in [1.82, 2.24) is 0 Å². The number of hydrogen-bond acceptors (Lipinski definition) is 2. The Hall–Kier alpha value is -0.930. The highest BCUT2D eigenvalue weighted by Gasteiger charge is 2.45. The monoisotopic (exact) mass is 312 g/mol. The van der Waals surface area contributed by atoms with Crippen LogP contribution in [0.4, 0.5) is 4.39 Å². The predicted molar refractivity (Wildman–Crippen MR) is 82.3 cm³/mol. The van der Waals surface area contributed by atoms with E-state index >= 15 is 0 Å². The van der Waals surface area contributed by atoms with E-state index < -0.39 is 11.4 Å². The molecule has 0 atom stereocenters. The van der Waals surface area contributed by atoms with Crippen LogP contribution in [0.5, 0.6) is 0 Å². The number of ketones is 1. The standard InChI is InChI=1S/C17H22ClFO2/c1-4-21-17(9-7-16(2,3)8-10-17)15(20)13-11-12(19)5-6-14(13)18/h5-6,11H,4,7-10H2,1-3H3. The minimum atomic E-state index is -0.859. The van der Waals surface area contributed by atoms with Crippen molar-refractivity contribution in [3.63, 3.8) is 0 Å². The molecule has 1 aliphatic carbocycles. The molecule has 0 N–H and O–H groups in total. The normalized spacial score (nSPS) is 20.2. The van der Waals surface area contributed by atoms with E-state index in [1.54, 1.807) is 0 Å². The largest absolute Gasteiger partial charge is 0.367 e. The van der Waals surface area contributed by atoms with Gasteiger partial charge in [-0.1, -0.05) is 25.4 Å². The van der Waals surface area contributed by atoms with Gasteiger partial charge in [0.15, 0.2) is 5.78 Å². The molecular weight excluding hydrogens is 291 g/mol. The fourth-order valence-electron chi connectivity index (χ4n) is 2.96. The van der Waals surface area contributed by atoms with Crippen molar-refractivity contribution in [2.24, 2.45) is 5.41 Å². The fraction of sp³-hybridized carbons (Fsp3) is 0.588.